The van der Waals surface area contributed by atoms with Gasteiger partial charge in [0, 0.05) is 33.0 Å². The fourth-order valence-corrected chi connectivity index (χ4v) is 1.78. The van der Waals surface area contributed by atoms with E-state index in [4.69, 9.17) is 9.84 Å². The highest BCUT2D eigenvalue weighted by Gasteiger charge is 2.26. The highest BCUT2D eigenvalue weighted by atomic mass is 16.5. The van der Waals surface area contributed by atoms with Gasteiger partial charge in [-0.15, -0.1) is 0 Å². The van der Waals surface area contributed by atoms with Crippen LogP contribution in [0.3, 0.4) is 0 Å². The van der Waals surface area contributed by atoms with Crippen LogP contribution in [0, 0.1) is 0 Å². The molecule has 0 radical (unpaired) electrons. The summed E-state index contributed by atoms with van der Waals surface area (Å²) in [5, 5.41) is 8.51. The zero-order valence-corrected chi connectivity index (χ0v) is 11.9. The summed E-state index contributed by atoms with van der Waals surface area (Å²) in [4.78, 5) is 23.8. The van der Waals surface area contributed by atoms with Crippen LogP contribution in [-0.4, -0.2) is 47.7 Å². The summed E-state index contributed by atoms with van der Waals surface area (Å²) in [5.41, 5.74) is -0.327. The number of carbonyl (C=O) groups is 2. The summed E-state index contributed by atoms with van der Waals surface area (Å²) in [6.45, 7) is 7.09. The summed E-state index contributed by atoms with van der Waals surface area (Å²) >= 11 is 0. The van der Waals surface area contributed by atoms with Crippen LogP contribution in [0.4, 0.5) is 0 Å². The maximum absolute atomic E-state index is 11.8. The molecule has 0 saturated carbocycles. The normalized spacial score (nSPS) is 14.0. The average molecular weight is 259 g/mol. The van der Waals surface area contributed by atoms with Crippen molar-refractivity contribution in [2.24, 2.45) is 0 Å². The van der Waals surface area contributed by atoms with Crippen molar-refractivity contribution in [2.75, 3.05) is 20.2 Å². The number of amides is 1. The quantitative estimate of drug-likeness (QED) is 0.687. The van der Waals surface area contributed by atoms with Gasteiger partial charge in [-0.3, -0.25) is 9.59 Å². The van der Waals surface area contributed by atoms with Crippen LogP contribution in [0.2, 0.25) is 0 Å². The van der Waals surface area contributed by atoms with Crippen molar-refractivity contribution < 1.29 is 19.4 Å². The molecule has 1 unspecified atom stereocenters. The van der Waals surface area contributed by atoms with E-state index < -0.39 is 5.97 Å². The van der Waals surface area contributed by atoms with Gasteiger partial charge in [0.15, 0.2) is 0 Å². The van der Waals surface area contributed by atoms with Crippen molar-refractivity contribution >= 4 is 11.9 Å². The molecule has 0 bridgehead atoms. The van der Waals surface area contributed by atoms with Crippen molar-refractivity contribution in [1.82, 2.24) is 4.90 Å². The summed E-state index contributed by atoms with van der Waals surface area (Å²) in [7, 11) is 1.73. The summed E-state index contributed by atoms with van der Waals surface area (Å²) in [6.07, 6.45) is 1.52. The van der Waals surface area contributed by atoms with E-state index in [9.17, 15) is 9.59 Å². The van der Waals surface area contributed by atoms with E-state index in [0.717, 1.165) is 6.42 Å². The Morgan fingerprint density at radius 3 is 2.33 bits per heavy atom. The molecule has 0 aliphatic carbocycles. The van der Waals surface area contributed by atoms with Crippen molar-refractivity contribution in [3.8, 4) is 0 Å². The Kier molecular flexibility index (Phi) is 7.59. The molecule has 1 amide bonds. The third-order valence-electron chi connectivity index (χ3n) is 3.02. The molecular formula is C13H25NO4. The molecule has 5 heteroatoms. The lowest BCUT2D eigenvalue weighted by atomic mass is 10.0. The smallest absolute Gasteiger partial charge is 0.303 e. The second-order valence-electron chi connectivity index (χ2n) is 4.73. The number of carboxylic acids is 1. The molecule has 0 rings (SSSR count). The molecule has 0 saturated heterocycles. The molecule has 0 heterocycles. The van der Waals surface area contributed by atoms with E-state index in [1.165, 1.54) is 0 Å². The monoisotopic (exact) mass is 259 g/mol. The van der Waals surface area contributed by atoms with Gasteiger partial charge in [-0.2, -0.15) is 0 Å². The van der Waals surface area contributed by atoms with Crippen LogP contribution < -0.4 is 0 Å². The molecule has 0 spiro atoms. The molecule has 0 aliphatic heterocycles. The van der Waals surface area contributed by atoms with Gasteiger partial charge >= 0.3 is 5.97 Å². The Bertz CT molecular complexity index is 280. The van der Waals surface area contributed by atoms with E-state index in [1.54, 1.807) is 11.9 Å². The van der Waals surface area contributed by atoms with Gasteiger partial charge in [0.1, 0.15) is 0 Å². The highest BCUT2D eigenvalue weighted by Crippen LogP contribution is 2.17. The summed E-state index contributed by atoms with van der Waals surface area (Å²) in [6, 6.07) is 0. The first-order valence-corrected chi connectivity index (χ1v) is 6.44. The lowest BCUT2D eigenvalue weighted by Gasteiger charge is -2.32. The molecule has 5 nitrogen and oxygen atoms in total. The van der Waals surface area contributed by atoms with Crippen LogP contribution >= 0.6 is 0 Å². The molecule has 0 fully saturated rings. The lowest BCUT2D eigenvalue weighted by Crippen LogP contribution is -2.43. The molecule has 18 heavy (non-hydrogen) atoms. The minimum Gasteiger partial charge on any atom is -0.481 e. The van der Waals surface area contributed by atoms with Crippen LogP contribution in [-0.2, 0) is 14.3 Å². The third kappa shape index (κ3) is 6.59. The van der Waals surface area contributed by atoms with Crippen molar-refractivity contribution in [1.29, 1.82) is 0 Å². The van der Waals surface area contributed by atoms with E-state index in [1.807, 2.05) is 20.8 Å². The minimum atomic E-state index is -0.863. The van der Waals surface area contributed by atoms with Crippen molar-refractivity contribution in [3.05, 3.63) is 0 Å². The molecule has 0 aliphatic rings. The van der Waals surface area contributed by atoms with E-state index in [2.05, 4.69) is 0 Å². The molecule has 106 valence electrons. The van der Waals surface area contributed by atoms with Gasteiger partial charge in [0.25, 0.3) is 0 Å². The molecule has 0 aromatic rings. The number of nitrogens with zero attached hydrogens (tertiary/aromatic N) is 1. The van der Waals surface area contributed by atoms with E-state index >= 15 is 0 Å². The second kappa shape index (κ2) is 8.08. The summed E-state index contributed by atoms with van der Waals surface area (Å²) < 4.78 is 5.65. The number of likely N-dealkylation sites (N-methyl/N-ethyl adjacent to an activating group) is 1. The Morgan fingerprint density at radius 2 is 1.89 bits per heavy atom. The number of rotatable bonds is 9. The third-order valence-corrected chi connectivity index (χ3v) is 3.02. The van der Waals surface area contributed by atoms with Gasteiger partial charge in [-0.1, -0.05) is 6.92 Å². The van der Waals surface area contributed by atoms with Gasteiger partial charge in [-0.25, -0.2) is 0 Å². The lowest BCUT2D eigenvalue weighted by molar-refractivity contribution is -0.138. The Morgan fingerprint density at radius 1 is 1.28 bits per heavy atom. The van der Waals surface area contributed by atoms with Gasteiger partial charge in [0.2, 0.25) is 5.91 Å². The SMILES string of the molecule is CCOC(C)(CC)CN(C)C(=O)CCCC(=O)O. The fourth-order valence-electron chi connectivity index (χ4n) is 1.78. The highest BCUT2D eigenvalue weighted by molar-refractivity contribution is 5.76. The topological polar surface area (TPSA) is 66.8 Å². The average Bonchev–Trinajstić information content (AvgIpc) is 2.28. The molecule has 1 atom stereocenters. The first-order chi connectivity index (χ1) is 8.34. The number of ether oxygens (including phenoxy) is 1. The van der Waals surface area contributed by atoms with E-state index in [-0.39, 0.29) is 24.3 Å². The number of carboxylic acid groups (broad SMARTS) is 1. The van der Waals surface area contributed by atoms with Crippen molar-refractivity contribution in [2.45, 2.75) is 52.1 Å². The number of hydrogen-bond donors (Lipinski definition) is 1. The van der Waals surface area contributed by atoms with Crippen LogP contribution in [0.25, 0.3) is 0 Å². The first-order valence-electron chi connectivity index (χ1n) is 6.44. The first kappa shape index (κ1) is 16.9. The van der Waals surface area contributed by atoms with Gasteiger partial charge < -0.3 is 14.7 Å². The van der Waals surface area contributed by atoms with Gasteiger partial charge in [-0.05, 0) is 26.7 Å². The van der Waals surface area contributed by atoms with Crippen molar-refractivity contribution in [3.63, 3.8) is 0 Å². The number of hydrogen-bond acceptors (Lipinski definition) is 3. The zero-order valence-electron chi connectivity index (χ0n) is 11.9. The Hall–Kier alpha value is -1.10. The van der Waals surface area contributed by atoms with Crippen LogP contribution in [0.1, 0.15) is 46.5 Å². The summed E-state index contributed by atoms with van der Waals surface area (Å²) in [5.74, 6) is -0.895. The molecular weight excluding hydrogens is 234 g/mol. The van der Waals surface area contributed by atoms with Crippen LogP contribution in [0.5, 0.6) is 0 Å². The fraction of sp³-hybridized carbons (Fsp3) is 0.846. The predicted octanol–water partition coefficient (Wildman–Crippen LogP) is 1.90. The Balaban J connectivity index is 4.16. The molecule has 0 aromatic carbocycles. The maximum Gasteiger partial charge on any atom is 0.303 e. The molecule has 0 aromatic heterocycles. The maximum atomic E-state index is 11.8. The largest absolute Gasteiger partial charge is 0.481 e. The molecule has 1 N–H and O–H groups in total. The van der Waals surface area contributed by atoms with Gasteiger partial charge in [0.05, 0.1) is 5.60 Å². The zero-order chi connectivity index (χ0) is 14.2. The number of carbonyl (C=O) groups excluding carboxylic acids is 1. The van der Waals surface area contributed by atoms with Crippen LogP contribution in [0.15, 0.2) is 0 Å². The Labute approximate surface area is 109 Å². The standard InChI is InChI=1S/C13H25NO4/c1-5-13(3,18-6-2)10-14(4)11(15)8-7-9-12(16)17/h5-10H2,1-4H3,(H,16,17). The van der Waals surface area contributed by atoms with E-state index in [0.29, 0.717) is 19.6 Å². The predicted molar refractivity (Wildman–Crippen MR) is 69.4 cm³/mol. The number of aliphatic carboxylic acids is 1. The second-order valence-corrected chi connectivity index (χ2v) is 4.73. The minimum absolute atomic E-state index is 0.0318.